The van der Waals surface area contributed by atoms with E-state index >= 15 is 0 Å². The second-order valence-corrected chi connectivity index (χ2v) is 8.86. The molecule has 2 aliphatic rings. The minimum atomic E-state index is -0.000663. The third-order valence-corrected chi connectivity index (χ3v) is 7.27. The van der Waals surface area contributed by atoms with Gasteiger partial charge in [-0.25, -0.2) is 4.98 Å². The maximum Gasteiger partial charge on any atom is 0.267 e. The first-order chi connectivity index (χ1) is 11.8. The van der Waals surface area contributed by atoms with Crippen LogP contribution in [-0.4, -0.2) is 24.0 Å². The number of nitrogens with zero attached hydrogens (tertiary/aromatic N) is 1. The van der Waals surface area contributed by atoms with Crippen molar-refractivity contribution in [2.75, 3.05) is 18.4 Å². The van der Waals surface area contributed by atoms with Crippen LogP contribution in [0.2, 0.25) is 0 Å². The first-order valence-electron chi connectivity index (χ1n) is 8.89. The average Bonchev–Trinajstić information content (AvgIpc) is 3.18. The molecule has 1 aliphatic carbocycles. The molecule has 1 amide bonds. The molecule has 128 valence electrons. The fraction of sp³-hybridized carbons (Fsp3) is 0.556. The van der Waals surface area contributed by atoms with E-state index in [1.54, 1.807) is 22.7 Å². The molecule has 3 heterocycles. The van der Waals surface area contributed by atoms with E-state index in [1.807, 2.05) is 6.20 Å². The molecule has 4 nitrogen and oxygen atoms in total. The Morgan fingerprint density at radius 2 is 2.00 bits per heavy atom. The number of thiophene rings is 1. The Kier molecular flexibility index (Phi) is 4.96. The standard InChI is InChI=1S/C18H23N3OS2/c22-17(15-10-13-4-2-1-3-5-14(13)23-15)21-18-20-11-16(24-18)12-6-8-19-9-7-12/h10-12,19H,1-9H2,(H,20,21,22). The van der Waals surface area contributed by atoms with E-state index in [9.17, 15) is 4.79 Å². The van der Waals surface area contributed by atoms with Gasteiger partial charge in [0.05, 0.1) is 4.88 Å². The summed E-state index contributed by atoms with van der Waals surface area (Å²) in [6.07, 6.45) is 10.3. The van der Waals surface area contributed by atoms with E-state index in [2.05, 4.69) is 21.7 Å². The smallest absolute Gasteiger partial charge is 0.267 e. The van der Waals surface area contributed by atoms with Crippen LogP contribution < -0.4 is 10.6 Å². The zero-order valence-corrected chi connectivity index (χ0v) is 15.4. The maximum absolute atomic E-state index is 12.6. The molecule has 0 unspecified atom stereocenters. The number of piperidine rings is 1. The molecule has 4 rings (SSSR count). The Bertz CT molecular complexity index is 692. The number of nitrogens with one attached hydrogen (secondary N) is 2. The molecule has 0 aromatic carbocycles. The number of carbonyl (C=O) groups excluding carboxylic acids is 1. The third kappa shape index (κ3) is 3.55. The van der Waals surface area contributed by atoms with Crippen molar-refractivity contribution in [2.45, 2.75) is 50.9 Å². The summed E-state index contributed by atoms with van der Waals surface area (Å²) in [6, 6.07) is 2.10. The van der Waals surface area contributed by atoms with Gasteiger partial charge >= 0.3 is 0 Å². The molecule has 24 heavy (non-hydrogen) atoms. The van der Waals surface area contributed by atoms with Gasteiger partial charge in [-0.2, -0.15) is 0 Å². The van der Waals surface area contributed by atoms with Gasteiger partial charge in [0.2, 0.25) is 0 Å². The van der Waals surface area contributed by atoms with Gasteiger partial charge in [-0.15, -0.1) is 22.7 Å². The van der Waals surface area contributed by atoms with Crippen LogP contribution in [0.15, 0.2) is 12.3 Å². The molecular weight excluding hydrogens is 338 g/mol. The number of rotatable bonds is 3. The predicted molar refractivity (Wildman–Crippen MR) is 100 cm³/mol. The molecular formula is C18H23N3OS2. The molecule has 0 radical (unpaired) electrons. The second-order valence-electron chi connectivity index (χ2n) is 6.67. The van der Waals surface area contributed by atoms with Crippen LogP contribution in [0.5, 0.6) is 0 Å². The van der Waals surface area contributed by atoms with Gasteiger partial charge in [-0.1, -0.05) is 6.42 Å². The highest BCUT2D eigenvalue weighted by Crippen LogP contribution is 2.33. The number of amides is 1. The van der Waals surface area contributed by atoms with Crippen molar-refractivity contribution in [1.29, 1.82) is 0 Å². The number of aromatic nitrogens is 1. The maximum atomic E-state index is 12.6. The quantitative estimate of drug-likeness (QED) is 0.806. The highest BCUT2D eigenvalue weighted by molar-refractivity contribution is 7.16. The van der Waals surface area contributed by atoms with E-state index in [0.717, 1.165) is 48.8 Å². The van der Waals surface area contributed by atoms with Gasteiger partial charge in [-0.3, -0.25) is 10.1 Å². The van der Waals surface area contributed by atoms with Crippen LogP contribution in [0.4, 0.5) is 5.13 Å². The molecule has 2 aromatic heterocycles. The van der Waals surface area contributed by atoms with Gasteiger partial charge in [0.1, 0.15) is 0 Å². The van der Waals surface area contributed by atoms with Crippen molar-refractivity contribution >= 4 is 33.7 Å². The van der Waals surface area contributed by atoms with Gasteiger partial charge in [0.15, 0.2) is 5.13 Å². The van der Waals surface area contributed by atoms with Gasteiger partial charge in [-0.05, 0) is 69.2 Å². The van der Waals surface area contributed by atoms with Gasteiger partial charge in [0.25, 0.3) is 5.91 Å². The summed E-state index contributed by atoms with van der Waals surface area (Å²) in [5.74, 6) is 0.589. The number of hydrogen-bond acceptors (Lipinski definition) is 5. The molecule has 0 spiro atoms. The second kappa shape index (κ2) is 7.33. The summed E-state index contributed by atoms with van der Waals surface area (Å²) in [7, 11) is 0. The summed E-state index contributed by atoms with van der Waals surface area (Å²) in [5.41, 5.74) is 1.39. The average molecular weight is 362 g/mol. The fourth-order valence-electron chi connectivity index (χ4n) is 3.58. The molecule has 2 N–H and O–H groups in total. The zero-order chi connectivity index (χ0) is 16.4. The van der Waals surface area contributed by atoms with Crippen LogP contribution in [0.1, 0.15) is 63.0 Å². The van der Waals surface area contributed by atoms with E-state index < -0.39 is 0 Å². The van der Waals surface area contributed by atoms with Gasteiger partial charge < -0.3 is 5.32 Å². The monoisotopic (exact) mass is 361 g/mol. The minimum absolute atomic E-state index is 0.000663. The Morgan fingerprint density at radius 1 is 1.17 bits per heavy atom. The number of hydrogen-bond donors (Lipinski definition) is 2. The van der Waals surface area contributed by atoms with Crippen molar-refractivity contribution in [3.8, 4) is 0 Å². The molecule has 0 bridgehead atoms. The lowest BCUT2D eigenvalue weighted by Crippen LogP contribution is -2.26. The number of aryl methyl sites for hydroxylation is 2. The van der Waals surface area contributed by atoms with E-state index in [4.69, 9.17) is 0 Å². The SMILES string of the molecule is O=C(Nc1ncc(C2CCNCC2)s1)c1cc2c(s1)CCCCC2. The first kappa shape index (κ1) is 16.2. The number of fused-ring (bicyclic) bond motifs is 1. The lowest BCUT2D eigenvalue weighted by molar-refractivity contribution is 0.103. The Morgan fingerprint density at radius 3 is 2.88 bits per heavy atom. The van der Waals surface area contributed by atoms with Crippen LogP contribution in [0.25, 0.3) is 0 Å². The molecule has 2 aromatic rings. The van der Waals surface area contributed by atoms with Crippen molar-refractivity contribution in [1.82, 2.24) is 10.3 Å². The Balaban J connectivity index is 1.43. The lowest BCUT2D eigenvalue weighted by Gasteiger charge is -2.20. The largest absolute Gasteiger partial charge is 0.317 e. The molecule has 1 fully saturated rings. The van der Waals surface area contributed by atoms with Crippen molar-refractivity contribution < 1.29 is 4.79 Å². The summed E-state index contributed by atoms with van der Waals surface area (Å²) >= 11 is 3.30. The zero-order valence-electron chi connectivity index (χ0n) is 13.8. The summed E-state index contributed by atoms with van der Waals surface area (Å²) in [4.78, 5) is 20.5. The molecule has 1 saturated heterocycles. The predicted octanol–water partition coefficient (Wildman–Crippen LogP) is 4.19. The highest BCUT2D eigenvalue weighted by Gasteiger charge is 2.20. The summed E-state index contributed by atoms with van der Waals surface area (Å²) in [6.45, 7) is 2.15. The van der Waals surface area contributed by atoms with Crippen LogP contribution >= 0.6 is 22.7 Å². The van der Waals surface area contributed by atoms with E-state index in [0.29, 0.717) is 5.92 Å². The Hall–Kier alpha value is -1.24. The first-order valence-corrected chi connectivity index (χ1v) is 10.5. The molecule has 1 aliphatic heterocycles. The van der Waals surface area contributed by atoms with Crippen LogP contribution in [0, 0.1) is 0 Å². The van der Waals surface area contributed by atoms with E-state index in [1.165, 1.54) is 34.6 Å². The Labute approximate surface area is 150 Å². The molecule has 6 heteroatoms. The normalized spacial score (nSPS) is 18.8. The number of thiazole rings is 1. The minimum Gasteiger partial charge on any atom is -0.317 e. The van der Waals surface area contributed by atoms with Crippen molar-refractivity contribution in [3.05, 3.63) is 32.5 Å². The summed E-state index contributed by atoms with van der Waals surface area (Å²) in [5, 5.41) is 7.13. The van der Waals surface area contributed by atoms with Crippen molar-refractivity contribution in [2.24, 2.45) is 0 Å². The number of anilines is 1. The molecule has 0 atom stereocenters. The number of carbonyl (C=O) groups is 1. The molecule has 0 saturated carbocycles. The van der Waals surface area contributed by atoms with E-state index in [-0.39, 0.29) is 5.91 Å². The van der Waals surface area contributed by atoms with Gasteiger partial charge in [0, 0.05) is 16.0 Å². The summed E-state index contributed by atoms with van der Waals surface area (Å²) < 4.78 is 0. The fourth-order valence-corrected chi connectivity index (χ4v) is 5.71. The third-order valence-electron chi connectivity index (χ3n) is 4.96. The lowest BCUT2D eigenvalue weighted by atomic mass is 9.97. The topological polar surface area (TPSA) is 54.0 Å². The van der Waals surface area contributed by atoms with Crippen molar-refractivity contribution in [3.63, 3.8) is 0 Å². The van der Waals surface area contributed by atoms with Crippen LogP contribution in [0.3, 0.4) is 0 Å². The highest BCUT2D eigenvalue weighted by atomic mass is 32.1. The van der Waals surface area contributed by atoms with Crippen LogP contribution in [-0.2, 0) is 12.8 Å².